The highest BCUT2D eigenvalue weighted by Crippen LogP contribution is 2.20. The van der Waals surface area contributed by atoms with Crippen LogP contribution in [0.1, 0.15) is 0 Å². The van der Waals surface area contributed by atoms with E-state index >= 15 is 0 Å². The van der Waals surface area contributed by atoms with Crippen LogP contribution in [0.5, 0.6) is 5.75 Å². The second kappa shape index (κ2) is 5.51. The van der Waals surface area contributed by atoms with E-state index in [1.54, 1.807) is 19.0 Å². The van der Waals surface area contributed by atoms with Crippen LogP contribution in [0.15, 0.2) is 23.3 Å². The Bertz CT molecular complexity index is 391. The van der Waals surface area contributed by atoms with Crippen LogP contribution in [-0.4, -0.2) is 43.1 Å². The lowest BCUT2D eigenvalue weighted by Gasteiger charge is -2.09. The van der Waals surface area contributed by atoms with Gasteiger partial charge in [0.1, 0.15) is 5.75 Å². The van der Waals surface area contributed by atoms with Crippen LogP contribution >= 0.6 is 0 Å². The Labute approximate surface area is 96.7 Å². The summed E-state index contributed by atoms with van der Waals surface area (Å²) >= 11 is 0. The molecule has 0 N–H and O–H groups in total. The van der Waals surface area contributed by atoms with Gasteiger partial charge in [0.15, 0.2) is 12.4 Å². The second-order valence-corrected chi connectivity index (χ2v) is 3.46. The number of rotatable bonds is 4. The van der Waals surface area contributed by atoms with Gasteiger partial charge < -0.3 is 9.64 Å². The molecule has 0 atom stereocenters. The Morgan fingerprint density at radius 3 is 2.76 bits per heavy atom. The number of hydrogen-bond donors (Lipinski definition) is 0. The molecule has 17 heavy (non-hydrogen) atoms. The molecule has 0 spiro atoms. The highest BCUT2D eigenvalue weighted by atomic mass is 19.4. The van der Waals surface area contributed by atoms with Gasteiger partial charge in [0.2, 0.25) is 0 Å². The molecular weight excluding hydrogens is 235 g/mol. The van der Waals surface area contributed by atoms with Crippen molar-refractivity contribution in [2.45, 2.75) is 6.18 Å². The smallest absolute Gasteiger partial charge is 0.422 e. The first kappa shape index (κ1) is 13.3. The molecule has 0 radical (unpaired) electrons. The van der Waals surface area contributed by atoms with E-state index in [9.17, 15) is 13.2 Å². The van der Waals surface area contributed by atoms with Crippen molar-refractivity contribution in [3.63, 3.8) is 0 Å². The molecule has 1 aromatic heterocycles. The van der Waals surface area contributed by atoms with Gasteiger partial charge in [-0.3, -0.25) is 0 Å². The van der Waals surface area contributed by atoms with Gasteiger partial charge in [0.05, 0.1) is 6.34 Å². The minimum absolute atomic E-state index is 0.0863. The van der Waals surface area contributed by atoms with E-state index in [0.717, 1.165) is 0 Å². The lowest BCUT2D eigenvalue weighted by atomic mass is 10.4. The van der Waals surface area contributed by atoms with Crippen molar-refractivity contribution < 1.29 is 17.9 Å². The monoisotopic (exact) mass is 247 g/mol. The van der Waals surface area contributed by atoms with Gasteiger partial charge in [-0.15, -0.1) is 0 Å². The summed E-state index contributed by atoms with van der Waals surface area (Å²) in [5, 5.41) is 0. The number of aromatic nitrogens is 1. The maximum atomic E-state index is 11.9. The van der Waals surface area contributed by atoms with Gasteiger partial charge in [-0.25, -0.2) is 9.98 Å². The van der Waals surface area contributed by atoms with Crippen LogP contribution in [0.25, 0.3) is 0 Å². The zero-order valence-electron chi connectivity index (χ0n) is 9.40. The molecule has 0 fully saturated rings. The zero-order chi connectivity index (χ0) is 12.9. The van der Waals surface area contributed by atoms with Gasteiger partial charge in [-0.05, 0) is 6.07 Å². The molecule has 0 saturated carbocycles. The largest absolute Gasteiger partial charge is 0.484 e. The summed E-state index contributed by atoms with van der Waals surface area (Å²) in [6, 6.07) is 2.69. The lowest BCUT2D eigenvalue weighted by Crippen LogP contribution is -2.19. The Kier molecular flexibility index (Phi) is 4.30. The molecule has 0 aliphatic carbocycles. The molecule has 0 aliphatic rings. The van der Waals surface area contributed by atoms with Crippen LogP contribution in [-0.2, 0) is 0 Å². The topological polar surface area (TPSA) is 37.7 Å². The summed E-state index contributed by atoms with van der Waals surface area (Å²) in [6.07, 6.45) is -1.51. The van der Waals surface area contributed by atoms with Crippen molar-refractivity contribution in [2.75, 3.05) is 20.7 Å². The number of alkyl halides is 3. The third-order valence-electron chi connectivity index (χ3n) is 1.54. The van der Waals surface area contributed by atoms with Gasteiger partial charge >= 0.3 is 6.18 Å². The summed E-state index contributed by atoms with van der Waals surface area (Å²) in [5.74, 6) is 0.376. The fraction of sp³-hybridized carbons (Fsp3) is 0.400. The Morgan fingerprint density at radius 2 is 2.18 bits per heavy atom. The molecule has 1 heterocycles. The number of nitrogens with zero attached hydrogens (tertiary/aromatic N) is 3. The molecule has 0 bridgehead atoms. The molecular formula is C10H12F3N3O. The first-order chi connectivity index (χ1) is 7.87. The third kappa shape index (κ3) is 5.74. The van der Waals surface area contributed by atoms with Gasteiger partial charge in [-0.2, -0.15) is 13.2 Å². The normalized spacial score (nSPS) is 11.8. The summed E-state index contributed by atoms with van der Waals surface area (Å²) < 4.78 is 40.3. The standard InChI is InChI=1S/C10H12F3N3O/c1-16(2)7-15-9-5-8(3-4-14-9)17-6-10(11,12)13/h3-5,7H,6H2,1-2H3. The summed E-state index contributed by atoms with van der Waals surface area (Å²) in [7, 11) is 3.54. The summed E-state index contributed by atoms with van der Waals surface area (Å²) in [5.41, 5.74) is 0. The number of ether oxygens (including phenoxy) is 1. The average Bonchev–Trinajstić information content (AvgIpc) is 2.23. The highest BCUT2D eigenvalue weighted by molar-refractivity contribution is 5.59. The predicted octanol–water partition coefficient (Wildman–Crippen LogP) is 2.24. The Hall–Kier alpha value is -1.79. The first-order valence-corrected chi connectivity index (χ1v) is 4.73. The van der Waals surface area contributed by atoms with E-state index in [4.69, 9.17) is 0 Å². The maximum absolute atomic E-state index is 11.9. The van der Waals surface area contributed by atoms with Gasteiger partial charge in [-0.1, -0.05) is 0 Å². The van der Waals surface area contributed by atoms with E-state index in [1.165, 1.54) is 24.7 Å². The highest BCUT2D eigenvalue weighted by Gasteiger charge is 2.28. The number of halogens is 3. The second-order valence-electron chi connectivity index (χ2n) is 3.46. The van der Waals surface area contributed by atoms with Crippen LogP contribution < -0.4 is 4.74 Å². The molecule has 94 valence electrons. The average molecular weight is 247 g/mol. The zero-order valence-corrected chi connectivity index (χ0v) is 9.40. The number of pyridine rings is 1. The molecule has 0 amide bonds. The quantitative estimate of drug-likeness (QED) is 0.605. The minimum Gasteiger partial charge on any atom is -0.484 e. The fourth-order valence-corrected chi connectivity index (χ4v) is 0.900. The molecule has 1 aromatic rings. The van der Waals surface area contributed by atoms with Crippen molar-refractivity contribution in [3.8, 4) is 5.75 Å². The van der Waals surface area contributed by atoms with Crippen LogP contribution in [0.4, 0.5) is 19.0 Å². The molecule has 1 rings (SSSR count). The minimum atomic E-state index is -4.35. The van der Waals surface area contributed by atoms with Crippen molar-refractivity contribution in [1.82, 2.24) is 9.88 Å². The summed E-state index contributed by atoms with van der Waals surface area (Å²) in [4.78, 5) is 9.49. The molecule has 0 unspecified atom stereocenters. The van der Waals surface area contributed by atoms with Crippen LogP contribution in [0, 0.1) is 0 Å². The molecule has 4 nitrogen and oxygen atoms in total. The number of aliphatic imine (C=N–C) groups is 1. The van der Waals surface area contributed by atoms with E-state index in [1.807, 2.05) is 0 Å². The predicted molar refractivity (Wildman–Crippen MR) is 57.6 cm³/mol. The van der Waals surface area contributed by atoms with Crippen molar-refractivity contribution >= 4 is 12.2 Å². The Balaban J connectivity index is 2.66. The maximum Gasteiger partial charge on any atom is 0.422 e. The fourth-order valence-electron chi connectivity index (χ4n) is 0.900. The molecule has 0 aromatic carbocycles. The Morgan fingerprint density at radius 1 is 1.47 bits per heavy atom. The van der Waals surface area contributed by atoms with E-state index < -0.39 is 12.8 Å². The van der Waals surface area contributed by atoms with Crippen LogP contribution in [0.2, 0.25) is 0 Å². The molecule has 0 saturated heterocycles. The SMILES string of the molecule is CN(C)C=Nc1cc(OCC(F)(F)F)ccn1. The molecule has 0 aliphatic heterocycles. The van der Waals surface area contributed by atoms with E-state index in [0.29, 0.717) is 5.82 Å². The van der Waals surface area contributed by atoms with Gasteiger partial charge in [0.25, 0.3) is 0 Å². The van der Waals surface area contributed by atoms with Crippen molar-refractivity contribution in [3.05, 3.63) is 18.3 Å². The lowest BCUT2D eigenvalue weighted by molar-refractivity contribution is -0.153. The van der Waals surface area contributed by atoms with Gasteiger partial charge in [0, 0.05) is 26.4 Å². The summed E-state index contributed by atoms with van der Waals surface area (Å²) in [6.45, 7) is -1.33. The van der Waals surface area contributed by atoms with E-state index in [2.05, 4.69) is 14.7 Å². The number of hydrogen-bond acceptors (Lipinski definition) is 3. The van der Waals surface area contributed by atoms with Crippen LogP contribution in [0.3, 0.4) is 0 Å². The first-order valence-electron chi connectivity index (χ1n) is 4.73. The third-order valence-corrected chi connectivity index (χ3v) is 1.54. The van der Waals surface area contributed by atoms with Crippen molar-refractivity contribution in [2.24, 2.45) is 4.99 Å². The van der Waals surface area contributed by atoms with Crippen molar-refractivity contribution in [1.29, 1.82) is 0 Å². The molecule has 7 heteroatoms. The van der Waals surface area contributed by atoms with E-state index in [-0.39, 0.29) is 5.75 Å².